The Morgan fingerprint density at radius 1 is 0.929 bits per heavy atom. The van der Waals surface area contributed by atoms with Gasteiger partial charge in [-0.3, -0.25) is 0 Å². The van der Waals surface area contributed by atoms with Crippen molar-refractivity contribution in [2.75, 3.05) is 0 Å². The van der Waals surface area contributed by atoms with Crippen molar-refractivity contribution in [3.8, 4) is 0 Å². The van der Waals surface area contributed by atoms with Crippen LogP contribution < -0.4 is 5.30 Å². The van der Waals surface area contributed by atoms with Crippen LogP contribution in [0.2, 0.25) is 0 Å². The van der Waals surface area contributed by atoms with Crippen molar-refractivity contribution in [3.05, 3.63) is 30.3 Å². The van der Waals surface area contributed by atoms with Crippen molar-refractivity contribution in [1.82, 2.24) is 0 Å². The molecule has 74 valence electrons. The highest BCUT2D eigenvalue weighted by molar-refractivity contribution is 7.73. The monoisotopic (exact) mass is 206 g/mol. The maximum Gasteiger partial charge on any atom is 0.121 e. The van der Waals surface area contributed by atoms with Gasteiger partial charge in [0.05, 0.1) is 0 Å². The van der Waals surface area contributed by atoms with Crippen LogP contribution in [-0.4, -0.2) is 11.3 Å². The molecule has 2 fully saturated rings. The van der Waals surface area contributed by atoms with Gasteiger partial charge >= 0.3 is 0 Å². The predicted octanol–water partition coefficient (Wildman–Crippen LogP) is 3.00. The van der Waals surface area contributed by atoms with Gasteiger partial charge in [0.2, 0.25) is 0 Å². The van der Waals surface area contributed by atoms with E-state index in [1.165, 1.54) is 25.7 Å². The zero-order valence-electron chi connectivity index (χ0n) is 8.23. The van der Waals surface area contributed by atoms with E-state index in [1.807, 2.05) is 18.2 Å². The second kappa shape index (κ2) is 2.97. The molecule has 2 saturated carbocycles. The van der Waals surface area contributed by atoms with E-state index in [9.17, 15) is 4.57 Å². The molecule has 1 aromatic rings. The van der Waals surface area contributed by atoms with Gasteiger partial charge in [0, 0.05) is 16.6 Å². The van der Waals surface area contributed by atoms with Gasteiger partial charge in [-0.1, -0.05) is 30.3 Å². The molecule has 3 rings (SSSR count). The topological polar surface area (TPSA) is 17.1 Å². The molecule has 2 aliphatic rings. The van der Waals surface area contributed by atoms with Crippen molar-refractivity contribution < 1.29 is 4.57 Å². The molecule has 0 atom stereocenters. The summed E-state index contributed by atoms with van der Waals surface area (Å²) in [5.74, 6) is 0. The Morgan fingerprint density at radius 3 is 1.86 bits per heavy atom. The minimum absolute atomic E-state index is 0.539. The first-order chi connectivity index (χ1) is 6.82. The molecular formula is C12H15OP. The number of hydrogen-bond acceptors (Lipinski definition) is 1. The molecule has 0 spiro atoms. The van der Waals surface area contributed by atoms with E-state index in [2.05, 4.69) is 12.1 Å². The highest BCUT2D eigenvalue weighted by atomic mass is 31.2. The van der Waals surface area contributed by atoms with Crippen LogP contribution in [0.25, 0.3) is 0 Å². The van der Waals surface area contributed by atoms with Gasteiger partial charge in [-0.2, -0.15) is 0 Å². The second-order valence-corrected chi connectivity index (χ2v) is 7.90. The summed E-state index contributed by atoms with van der Waals surface area (Å²) in [6.45, 7) is 0. The molecule has 0 saturated heterocycles. The third-order valence-corrected chi connectivity index (χ3v) is 7.65. The maximum absolute atomic E-state index is 12.9. The minimum atomic E-state index is -1.99. The average molecular weight is 206 g/mol. The SMILES string of the molecule is O=P(c1ccccc1)(C1CC1)C1CC1. The number of hydrogen-bond donors (Lipinski definition) is 0. The van der Waals surface area contributed by atoms with E-state index in [1.54, 1.807) is 0 Å². The van der Waals surface area contributed by atoms with Crippen molar-refractivity contribution in [2.24, 2.45) is 0 Å². The summed E-state index contributed by atoms with van der Waals surface area (Å²) < 4.78 is 12.9. The molecule has 0 unspecified atom stereocenters. The molecule has 14 heavy (non-hydrogen) atoms. The quantitative estimate of drug-likeness (QED) is 0.695. The van der Waals surface area contributed by atoms with Gasteiger partial charge in [-0.15, -0.1) is 0 Å². The van der Waals surface area contributed by atoms with Gasteiger partial charge in [0.25, 0.3) is 0 Å². The first-order valence-corrected chi connectivity index (χ1v) is 7.31. The van der Waals surface area contributed by atoms with Gasteiger partial charge in [0.1, 0.15) is 7.14 Å². The fourth-order valence-electron chi connectivity index (χ4n) is 2.30. The third kappa shape index (κ3) is 1.26. The standard InChI is InChI=1S/C12H15OP/c13-14(11-6-7-11,12-8-9-12)10-4-2-1-3-5-10/h1-5,11-12H,6-9H2. The number of benzene rings is 1. The zero-order chi connectivity index (χ0) is 9.60. The Morgan fingerprint density at radius 2 is 1.43 bits per heavy atom. The molecule has 0 aliphatic heterocycles. The van der Waals surface area contributed by atoms with Crippen molar-refractivity contribution in [3.63, 3.8) is 0 Å². The summed E-state index contributed by atoms with van der Waals surface area (Å²) in [4.78, 5) is 0. The van der Waals surface area contributed by atoms with Gasteiger partial charge in [-0.05, 0) is 25.7 Å². The largest absolute Gasteiger partial charge is 0.318 e. The lowest BCUT2D eigenvalue weighted by Crippen LogP contribution is -2.11. The molecule has 0 heterocycles. The highest BCUT2D eigenvalue weighted by Crippen LogP contribution is 2.69. The Kier molecular flexibility index (Phi) is 1.85. The highest BCUT2D eigenvalue weighted by Gasteiger charge is 2.51. The predicted molar refractivity (Wildman–Crippen MR) is 59.7 cm³/mol. The average Bonchev–Trinajstić information content (AvgIpc) is 3.06. The van der Waals surface area contributed by atoms with Crippen molar-refractivity contribution >= 4 is 12.4 Å². The lowest BCUT2D eigenvalue weighted by molar-refractivity contribution is 0.579. The zero-order valence-corrected chi connectivity index (χ0v) is 9.12. The smallest absolute Gasteiger partial charge is 0.121 e. The first kappa shape index (κ1) is 8.73. The molecule has 0 radical (unpaired) electrons. The van der Waals surface area contributed by atoms with Crippen LogP contribution in [0.5, 0.6) is 0 Å². The van der Waals surface area contributed by atoms with Gasteiger partial charge in [-0.25, -0.2) is 0 Å². The fraction of sp³-hybridized carbons (Fsp3) is 0.500. The van der Waals surface area contributed by atoms with Crippen LogP contribution in [0.1, 0.15) is 25.7 Å². The van der Waals surface area contributed by atoms with Crippen LogP contribution in [0.4, 0.5) is 0 Å². The summed E-state index contributed by atoms with van der Waals surface area (Å²) in [6.07, 6.45) is 4.79. The molecular weight excluding hydrogens is 191 g/mol. The molecule has 0 aromatic heterocycles. The lowest BCUT2D eigenvalue weighted by atomic mass is 10.4. The summed E-state index contributed by atoms with van der Waals surface area (Å²) in [5.41, 5.74) is 1.08. The molecule has 2 heteroatoms. The summed E-state index contributed by atoms with van der Waals surface area (Å²) in [7, 11) is -1.99. The molecule has 0 amide bonds. The lowest BCUT2D eigenvalue weighted by Gasteiger charge is -2.17. The Labute approximate surface area is 84.9 Å². The summed E-state index contributed by atoms with van der Waals surface area (Å²) >= 11 is 0. The van der Waals surface area contributed by atoms with E-state index >= 15 is 0 Å². The van der Waals surface area contributed by atoms with Crippen molar-refractivity contribution in [1.29, 1.82) is 0 Å². The molecule has 2 aliphatic carbocycles. The van der Waals surface area contributed by atoms with E-state index in [-0.39, 0.29) is 0 Å². The van der Waals surface area contributed by atoms with E-state index in [0.717, 1.165) is 5.30 Å². The Hall–Kier alpha value is -0.550. The minimum Gasteiger partial charge on any atom is -0.318 e. The molecule has 0 N–H and O–H groups in total. The van der Waals surface area contributed by atoms with Gasteiger partial charge < -0.3 is 4.57 Å². The molecule has 0 bridgehead atoms. The van der Waals surface area contributed by atoms with Gasteiger partial charge in [0.15, 0.2) is 0 Å². The maximum atomic E-state index is 12.9. The van der Waals surface area contributed by atoms with Crippen LogP contribution in [0.3, 0.4) is 0 Å². The first-order valence-electron chi connectivity index (χ1n) is 5.47. The van der Waals surface area contributed by atoms with Crippen LogP contribution in [0.15, 0.2) is 30.3 Å². The Balaban J connectivity index is 2.03. The number of rotatable bonds is 3. The van der Waals surface area contributed by atoms with E-state index in [0.29, 0.717) is 11.3 Å². The van der Waals surface area contributed by atoms with Crippen molar-refractivity contribution in [2.45, 2.75) is 37.0 Å². The van der Waals surface area contributed by atoms with Crippen LogP contribution in [-0.2, 0) is 4.57 Å². The van der Waals surface area contributed by atoms with E-state index < -0.39 is 7.14 Å². The van der Waals surface area contributed by atoms with Crippen LogP contribution >= 0.6 is 7.14 Å². The summed E-state index contributed by atoms with van der Waals surface area (Å²) in [6, 6.07) is 10.2. The molecule has 1 aromatic carbocycles. The van der Waals surface area contributed by atoms with E-state index in [4.69, 9.17) is 0 Å². The normalized spacial score (nSPS) is 22.3. The fourth-order valence-corrected chi connectivity index (χ4v) is 6.21. The second-order valence-electron chi connectivity index (χ2n) is 4.51. The third-order valence-electron chi connectivity index (χ3n) is 3.34. The Bertz CT molecular complexity index is 361. The molecule has 1 nitrogen and oxygen atoms in total. The van der Waals surface area contributed by atoms with Crippen LogP contribution in [0, 0.1) is 0 Å². The summed E-state index contributed by atoms with van der Waals surface area (Å²) in [5, 5.41) is 1.14.